The van der Waals surface area contributed by atoms with Crippen LogP contribution in [0, 0.1) is 5.82 Å². The van der Waals surface area contributed by atoms with E-state index in [1.165, 1.54) is 51.4 Å². The van der Waals surface area contributed by atoms with E-state index in [9.17, 15) is 0 Å². The number of halogens is 1. The van der Waals surface area contributed by atoms with Gasteiger partial charge >= 0.3 is 0 Å². The fourth-order valence-electron chi connectivity index (χ4n) is 4.08. The van der Waals surface area contributed by atoms with E-state index in [0.29, 0.717) is 30.2 Å². The van der Waals surface area contributed by atoms with Gasteiger partial charge in [0.15, 0.2) is 11.6 Å². The summed E-state index contributed by atoms with van der Waals surface area (Å²) in [7, 11) is 0. The molecule has 0 aliphatic carbocycles. The number of rotatable bonds is 15. The van der Waals surface area contributed by atoms with Crippen molar-refractivity contribution in [1.82, 2.24) is 4.98 Å². The molecule has 0 bridgehead atoms. The fourth-order valence-corrected chi connectivity index (χ4v) is 4.08. The third-order valence-electron chi connectivity index (χ3n) is 5.99. The number of hydrogen-bond donors (Lipinski definition) is 0. The number of unbranched alkanes of at least 4 members (excludes halogenated alkanes) is 9. The Hall–Kier alpha value is -2.36. The van der Waals surface area contributed by atoms with Gasteiger partial charge in [-0.25, -0.2) is 9.37 Å². The van der Waals surface area contributed by atoms with Crippen LogP contribution in [0.1, 0.15) is 84.5 Å². The largest absolute Gasteiger partial charge is 0.490 e. The molecule has 2 aromatic carbocycles. The highest BCUT2D eigenvalue weighted by Gasteiger charge is 2.12. The molecule has 0 aliphatic heterocycles. The van der Waals surface area contributed by atoms with Crippen LogP contribution in [-0.4, -0.2) is 18.2 Å². The van der Waals surface area contributed by atoms with E-state index in [-0.39, 0.29) is 5.82 Å². The smallest absolute Gasteiger partial charge is 0.213 e. The van der Waals surface area contributed by atoms with E-state index in [2.05, 4.69) is 18.8 Å². The highest BCUT2D eigenvalue weighted by atomic mass is 19.1. The second-order valence-electron chi connectivity index (χ2n) is 8.63. The van der Waals surface area contributed by atoms with Crippen LogP contribution in [0.3, 0.4) is 0 Å². The van der Waals surface area contributed by atoms with E-state index in [1.807, 2.05) is 24.3 Å². The molecule has 0 spiro atoms. The molecular formula is C28H38FNO2. The summed E-state index contributed by atoms with van der Waals surface area (Å²) in [5, 5.41) is 2.36. The molecule has 0 amide bonds. The van der Waals surface area contributed by atoms with E-state index in [1.54, 1.807) is 12.1 Å². The minimum absolute atomic E-state index is 0.289. The first-order valence-electron chi connectivity index (χ1n) is 12.5. The van der Waals surface area contributed by atoms with Gasteiger partial charge in [0.25, 0.3) is 0 Å². The van der Waals surface area contributed by atoms with Gasteiger partial charge in [0.2, 0.25) is 5.88 Å². The lowest BCUT2D eigenvalue weighted by molar-refractivity contribution is 0.291. The SMILES string of the molecule is CCCCCCCCOc1ccc2c(ccc3nc(OCCCCCCC)ccc32)c1F. The number of pyridine rings is 1. The number of benzene rings is 2. The minimum atomic E-state index is -0.289. The normalized spacial score (nSPS) is 11.3. The van der Waals surface area contributed by atoms with Crippen molar-refractivity contribution in [2.24, 2.45) is 0 Å². The van der Waals surface area contributed by atoms with Gasteiger partial charge in [0, 0.05) is 16.8 Å². The Morgan fingerprint density at radius 2 is 1.22 bits per heavy atom. The number of hydrogen-bond acceptors (Lipinski definition) is 3. The molecule has 0 fully saturated rings. The van der Waals surface area contributed by atoms with Crippen LogP contribution in [-0.2, 0) is 0 Å². The van der Waals surface area contributed by atoms with Crippen LogP contribution in [0.2, 0.25) is 0 Å². The summed E-state index contributed by atoms with van der Waals surface area (Å²) >= 11 is 0. The zero-order chi connectivity index (χ0) is 22.6. The number of nitrogens with zero attached hydrogens (tertiary/aromatic N) is 1. The average molecular weight is 440 g/mol. The summed E-state index contributed by atoms with van der Waals surface area (Å²) in [6.07, 6.45) is 13.1. The molecular weight excluding hydrogens is 401 g/mol. The van der Waals surface area contributed by atoms with Gasteiger partial charge in [-0.1, -0.05) is 71.6 Å². The molecule has 0 aliphatic rings. The van der Waals surface area contributed by atoms with Gasteiger partial charge in [0.1, 0.15) is 0 Å². The average Bonchev–Trinajstić information content (AvgIpc) is 2.81. The lowest BCUT2D eigenvalue weighted by Gasteiger charge is -2.11. The molecule has 3 aromatic rings. The van der Waals surface area contributed by atoms with Crippen molar-refractivity contribution in [1.29, 1.82) is 0 Å². The highest BCUT2D eigenvalue weighted by Crippen LogP contribution is 2.32. The lowest BCUT2D eigenvalue weighted by atomic mass is 10.0. The third-order valence-corrected chi connectivity index (χ3v) is 5.99. The quantitative estimate of drug-likeness (QED) is 0.175. The van der Waals surface area contributed by atoms with Crippen LogP contribution >= 0.6 is 0 Å². The zero-order valence-corrected chi connectivity index (χ0v) is 19.8. The summed E-state index contributed by atoms with van der Waals surface area (Å²) < 4.78 is 26.7. The molecule has 174 valence electrons. The van der Waals surface area contributed by atoms with Crippen LogP contribution in [0.15, 0.2) is 36.4 Å². The Morgan fingerprint density at radius 1 is 0.625 bits per heavy atom. The van der Waals surface area contributed by atoms with Crippen molar-refractivity contribution in [3.8, 4) is 11.6 Å². The van der Waals surface area contributed by atoms with Crippen LogP contribution < -0.4 is 9.47 Å². The van der Waals surface area contributed by atoms with Gasteiger partial charge < -0.3 is 9.47 Å². The molecule has 3 rings (SSSR count). The Morgan fingerprint density at radius 3 is 1.94 bits per heavy atom. The summed E-state index contributed by atoms with van der Waals surface area (Å²) in [5.74, 6) is 0.677. The van der Waals surface area contributed by atoms with E-state index in [4.69, 9.17) is 9.47 Å². The van der Waals surface area contributed by atoms with Crippen molar-refractivity contribution >= 4 is 21.7 Å². The van der Waals surface area contributed by atoms with Gasteiger partial charge in [-0.05, 0) is 48.6 Å². The first-order chi connectivity index (χ1) is 15.7. The van der Waals surface area contributed by atoms with Crippen LogP contribution in [0.25, 0.3) is 21.7 Å². The second-order valence-corrected chi connectivity index (χ2v) is 8.63. The van der Waals surface area contributed by atoms with Gasteiger partial charge in [-0.2, -0.15) is 0 Å². The minimum Gasteiger partial charge on any atom is -0.490 e. The predicted octanol–water partition coefficient (Wildman–Crippen LogP) is 8.62. The monoisotopic (exact) mass is 439 g/mol. The standard InChI is InChI=1S/C28H38FNO2/c1-3-5-7-9-11-12-20-31-26-18-15-22-23-16-19-27(32-21-13-10-8-6-4-2)30-25(23)17-14-24(22)28(26)29/h14-19H,3-13,20-21H2,1-2H3. The van der Waals surface area contributed by atoms with Crippen molar-refractivity contribution in [3.63, 3.8) is 0 Å². The van der Waals surface area contributed by atoms with E-state index < -0.39 is 0 Å². The first kappa shape index (κ1) is 24.3. The molecule has 0 saturated heterocycles. The molecule has 32 heavy (non-hydrogen) atoms. The van der Waals surface area contributed by atoms with Crippen molar-refractivity contribution in [2.75, 3.05) is 13.2 Å². The molecule has 4 heteroatoms. The van der Waals surface area contributed by atoms with Crippen LogP contribution in [0.4, 0.5) is 4.39 Å². The number of ether oxygens (including phenoxy) is 2. The Labute approximate surface area is 192 Å². The highest BCUT2D eigenvalue weighted by molar-refractivity contribution is 6.06. The van der Waals surface area contributed by atoms with Gasteiger partial charge in [-0.15, -0.1) is 0 Å². The maximum atomic E-state index is 15.1. The van der Waals surface area contributed by atoms with Gasteiger partial charge in [-0.3, -0.25) is 0 Å². The van der Waals surface area contributed by atoms with Crippen molar-refractivity contribution in [3.05, 3.63) is 42.2 Å². The second kappa shape index (κ2) is 13.2. The lowest BCUT2D eigenvalue weighted by Crippen LogP contribution is -2.00. The summed E-state index contributed by atoms with van der Waals surface area (Å²) in [6, 6.07) is 11.2. The summed E-state index contributed by atoms with van der Waals surface area (Å²) in [5.41, 5.74) is 0.820. The van der Waals surface area contributed by atoms with E-state index >= 15 is 4.39 Å². The molecule has 3 nitrogen and oxygen atoms in total. The Kier molecular flexibility index (Phi) is 10.1. The van der Waals surface area contributed by atoms with Gasteiger partial charge in [0.05, 0.1) is 18.7 Å². The maximum absolute atomic E-state index is 15.1. The summed E-state index contributed by atoms with van der Waals surface area (Å²) in [6.45, 7) is 5.68. The predicted molar refractivity (Wildman–Crippen MR) is 132 cm³/mol. The number of aromatic nitrogens is 1. The molecule has 0 saturated carbocycles. The fraction of sp³-hybridized carbons (Fsp3) is 0.536. The van der Waals surface area contributed by atoms with Crippen molar-refractivity contribution < 1.29 is 13.9 Å². The van der Waals surface area contributed by atoms with E-state index in [0.717, 1.165) is 35.6 Å². The molecule has 1 heterocycles. The molecule has 0 atom stereocenters. The number of fused-ring (bicyclic) bond motifs is 3. The van der Waals surface area contributed by atoms with Crippen molar-refractivity contribution in [2.45, 2.75) is 84.5 Å². The topological polar surface area (TPSA) is 31.4 Å². The first-order valence-corrected chi connectivity index (χ1v) is 12.5. The molecule has 0 N–H and O–H groups in total. The Bertz CT molecular complexity index is 972. The zero-order valence-electron chi connectivity index (χ0n) is 19.8. The maximum Gasteiger partial charge on any atom is 0.213 e. The summed E-state index contributed by atoms with van der Waals surface area (Å²) in [4.78, 5) is 4.63. The Balaban J connectivity index is 1.60. The third kappa shape index (κ3) is 6.82. The van der Waals surface area contributed by atoms with Crippen LogP contribution in [0.5, 0.6) is 11.6 Å². The molecule has 0 radical (unpaired) electrons. The molecule has 1 aromatic heterocycles. The molecule has 0 unspecified atom stereocenters.